The number of nitrogens with zero attached hydrogens (tertiary/aromatic N) is 1. The molecule has 0 amide bonds. The van der Waals surface area contributed by atoms with E-state index in [0.717, 1.165) is 6.07 Å². The normalized spacial score (nSPS) is 10.7. The van der Waals surface area contributed by atoms with Crippen LogP contribution < -0.4 is 0 Å². The third-order valence-electron chi connectivity index (χ3n) is 1.64. The topological polar surface area (TPSA) is 50.2 Å². The predicted molar refractivity (Wildman–Crippen MR) is 50.7 cm³/mol. The summed E-state index contributed by atoms with van der Waals surface area (Å²) in [5.41, 5.74) is -1.36. The van der Waals surface area contributed by atoms with Crippen molar-refractivity contribution in [3.05, 3.63) is 28.0 Å². The Balaban J connectivity index is 3.39. The Labute approximate surface area is 93.6 Å². The van der Waals surface area contributed by atoms with E-state index in [1.807, 2.05) is 0 Å². The number of carbonyl (C=O) groups is 1. The quantitative estimate of drug-likeness (QED) is 0.845. The number of alkyl halides is 3. The van der Waals surface area contributed by atoms with Crippen molar-refractivity contribution in [2.75, 3.05) is 0 Å². The van der Waals surface area contributed by atoms with E-state index in [-0.39, 0.29) is 16.6 Å². The molecule has 1 heterocycles. The van der Waals surface area contributed by atoms with Crippen LogP contribution >= 0.6 is 23.2 Å². The Kier molecular flexibility index (Phi) is 3.82. The van der Waals surface area contributed by atoms with Crippen LogP contribution in [0.4, 0.5) is 8.78 Å². The van der Waals surface area contributed by atoms with Gasteiger partial charge in [0.2, 0.25) is 0 Å². The molecule has 0 aliphatic rings. The maximum atomic E-state index is 12.4. The molecule has 3 nitrogen and oxygen atoms in total. The third kappa shape index (κ3) is 2.54. The van der Waals surface area contributed by atoms with E-state index in [0.29, 0.717) is 0 Å². The van der Waals surface area contributed by atoms with Crippen LogP contribution in [-0.4, -0.2) is 16.1 Å². The zero-order chi connectivity index (χ0) is 11.6. The van der Waals surface area contributed by atoms with Crippen LogP contribution in [0.2, 0.25) is 5.02 Å². The van der Waals surface area contributed by atoms with Crippen LogP contribution in [0.25, 0.3) is 0 Å². The second-order valence-electron chi connectivity index (χ2n) is 2.59. The lowest BCUT2D eigenvalue weighted by Crippen LogP contribution is -2.08. The lowest BCUT2D eigenvalue weighted by molar-refractivity contribution is 0.0677. The van der Waals surface area contributed by atoms with Crippen molar-refractivity contribution >= 4 is 29.2 Å². The summed E-state index contributed by atoms with van der Waals surface area (Å²) in [5.74, 6) is -1.67. The number of carboxylic acids is 1. The number of rotatable bonds is 3. The molecule has 0 saturated carbocycles. The largest absolute Gasteiger partial charge is 0.476 e. The fourth-order valence-electron chi connectivity index (χ4n) is 0.972. The summed E-state index contributed by atoms with van der Waals surface area (Å²) in [6.07, 6.45) is -2.94. The van der Waals surface area contributed by atoms with Gasteiger partial charge in [-0.15, -0.1) is 11.6 Å². The first-order valence-electron chi connectivity index (χ1n) is 3.74. The zero-order valence-electron chi connectivity index (χ0n) is 7.18. The Morgan fingerprint density at radius 3 is 2.60 bits per heavy atom. The van der Waals surface area contributed by atoms with Crippen LogP contribution in [0, 0.1) is 0 Å². The fourth-order valence-corrected chi connectivity index (χ4v) is 1.47. The number of halogens is 4. The number of aromatic nitrogens is 1. The number of hydrogen-bond donors (Lipinski definition) is 1. The smallest absolute Gasteiger partial charge is 0.355 e. The molecule has 0 fully saturated rings. The highest BCUT2D eigenvalue weighted by molar-refractivity contribution is 6.32. The molecule has 82 valence electrons. The fraction of sp³-hybridized carbons (Fsp3) is 0.250. The van der Waals surface area contributed by atoms with Crippen LogP contribution in [0.1, 0.15) is 28.2 Å². The van der Waals surface area contributed by atoms with Gasteiger partial charge in [-0.25, -0.2) is 18.6 Å². The van der Waals surface area contributed by atoms with Crippen LogP contribution in [0.3, 0.4) is 0 Å². The summed E-state index contributed by atoms with van der Waals surface area (Å²) in [6.45, 7) is 0. The molecular weight excluding hydrogens is 251 g/mol. The maximum Gasteiger partial charge on any atom is 0.355 e. The van der Waals surface area contributed by atoms with E-state index < -0.39 is 23.7 Å². The van der Waals surface area contributed by atoms with Crippen molar-refractivity contribution in [1.29, 1.82) is 0 Å². The van der Waals surface area contributed by atoms with Crippen molar-refractivity contribution in [2.24, 2.45) is 0 Å². The number of pyridine rings is 1. The van der Waals surface area contributed by atoms with Gasteiger partial charge in [-0.05, 0) is 6.07 Å². The Bertz CT molecular complexity index is 398. The monoisotopic (exact) mass is 255 g/mol. The molecular formula is C8H5Cl2F2NO2. The highest BCUT2D eigenvalue weighted by atomic mass is 35.5. The van der Waals surface area contributed by atoms with Crippen molar-refractivity contribution in [2.45, 2.75) is 12.3 Å². The van der Waals surface area contributed by atoms with Crippen molar-refractivity contribution in [3.63, 3.8) is 0 Å². The zero-order valence-corrected chi connectivity index (χ0v) is 8.69. The summed E-state index contributed by atoms with van der Waals surface area (Å²) in [5, 5.41) is 8.58. The molecule has 1 aromatic rings. The highest BCUT2D eigenvalue weighted by Gasteiger charge is 2.21. The summed E-state index contributed by atoms with van der Waals surface area (Å²) in [7, 11) is 0. The van der Waals surface area contributed by atoms with Crippen molar-refractivity contribution in [3.8, 4) is 0 Å². The molecule has 0 aliphatic heterocycles. The first-order chi connectivity index (χ1) is 6.97. The van der Waals surface area contributed by atoms with Crippen LogP contribution in [0.15, 0.2) is 6.07 Å². The van der Waals surface area contributed by atoms with Gasteiger partial charge in [0.15, 0.2) is 5.69 Å². The van der Waals surface area contributed by atoms with E-state index in [1.165, 1.54) is 0 Å². The van der Waals surface area contributed by atoms with Gasteiger partial charge in [0.05, 0.1) is 22.2 Å². The summed E-state index contributed by atoms with van der Waals surface area (Å²) in [6, 6.07) is 0.875. The number of hydrogen-bond acceptors (Lipinski definition) is 2. The van der Waals surface area contributed by atoms with Gasteiger partial charge in [-0.3, -0.25) is 0 Å². The summed E-state index contributed by atoms with van der Waals surface area (Å²) in [4.78, 5) is 14.1. The molecule has 0 radical (unpaired) electrons. The van der Waals surface area contributed by atoms with E-state index in [1.54, 1.807) is 0 Å². The molecule has 0 unspecified atom stereocenters. The second kappa shape index (κ2) is 4.72. The van der Waals surface area contributed by atoms with Crippen molar-refractivity contribution in [1.82, 2.24) is 4.98 Å². The predicted octanol–water partition coefficient (Wildman–Crippen LogP) is 3.11. The molecule has 1 N–H and O–H groups in total. The van der Waals surface area contributed by atoms with Gasteiger partial charge < -0.3 is 5.11 Å². The number of aromatic carboxylic acids is 1. The van der Waals surface area contributed by atoms with Crippen LogP contribution in [-0.2, 0) is 5.88 Å². The van der Waals surface area contributed by atoms with Gasteiger partial charge in [-0.2, -0.15) is 0 Å². The first kappa shape index (κ1) is 12.1. The minimum Gasteiger partial charge on any atom is -0.476 e. The summed E-state index contributed by atoms with van der Waals surface area (Å²) >= 11 is 11.0. The van der Waals surface area contributed by atoms with E-state index in [2.05, 4.69) is 4.98 Å². The molecule has 0 atom stereocenters. The average molecular weight is 256 g/mol. The van der Waals surface area contributed by atoms with E-state index in [4.69, 9.17) is 28.3 Å². The highest BCUT2D eigenvalue weighted by Crippen LogP contribution is 2.27. The van der Waals surface area contributed by atoms with Gasteiger partial charge in [0.1, 0.15) is 0 Å². The standard InChI is InChI=1S/C8H5Cl2F2NO2/c9-2-5-4(10)1-3(7(11)12)6(13-5)8(14)15/h1,7H,2H2,(H,14,15). The molecule has 0 aliphatic carbocycles. The minimum atomic E-state index is -2.94. The van der Waals surface area contributed by atoms with Crippen molar-refractivity contribution < 1.29 is 18.7 Å². The summed E-state index contributed by atoms with van der Waals surface area (Å²) < 4.78 is 24.8. The van der Waals surface area contributed by atoms with E-state index in [9.17, 15) is 13.6 Å². The van der Waals surface area contributed by atoms with Gasteiger partial charge in [0, 0.05) is 0 Å². The molecule has 0 spiro atoms. The minimum absolute atomic E-state index is 0.0645. The Morgan fingerprint density at radius 2 is 2.20 bits per heavy atom. The Hall–Kier alpha value is -0.940. The van der Waals surface area contributed by atoms with Crippen LogP contribution in [0.5, 0.6) is 0 Å². The molecule has 15 heavy (non-hydrogen) atoms. The molecule has 0 bridgehead atoms. The molecule has 1 aromatic heterocycles. The molecule has 0 saturated heterocycles. The van der Waals surface area contributed by atoms with Gasteiger partial charge in [0.25, 0.3) is 6.43 Å². The molecule has 7 heteroatoms. The lowest BCUT2D eigenvalue weighted by Gasteiger charge is -2.07. The first-order valence-corrected chi connectivity index (χ1v) is 4.65. The average Bonchev–Trinajstić information content (AvgIpc) is 2.16. The molecule has 1 rings (SSSR count). The SMILES string of the molecule is O=C(O)c1nc(CCl)c(Cl)cc1C(F)F. The lowest BCUT2D eigenvalue weighted by atomic mass is 10.2. The molecule has 0 aromatic carbocycles. The third-order valence-corrected chi connectivity index (χ3v) is 2.22. The number of carboxylic acid groups (broad SMARTS) is 1. The van der Waals surface area contributed by atoms with Gasteiger partial charge >= 0.3 is 5.97 Å². The van der Waals surface area contributed by atoms with E-state index >= 15 is 0 Å². The Morgan fingerprint density at radius 1 is 1.60 bits per heavy atom. The maximum absolute atomic E-state index is 12.4. The van der Waals surface area contributed by atoms with Gasteiger partial charge in [-0.1, -0.05) is 11.6 Å². The second-order valence-corrected chi connectivity index (χ2v) is 3.27.